The summed E-state index contributed by atoms with van der Waals surface area (Å²) in [7, 11) is 0. The SMILES string of the molecule is CC(C1CCCCC1)C1(C(=O)O)CCC(C(=O)O)CC1. The zero-order valence-corrected chi connectivity index (χ0v) is 12.3. The molecule has 0 radical (unpaired) electrons. The quantitative estimate of drug-likeness (QED) is 0.827. The molecule has 1 atom stereocenters. The highest BCUT2D eigenvalue weighted by Gasteiger charge is 2.49. The van der Waals surface area contributed by atoms with Crippen LogP contribution in [-0.2, 0) is 9.59 Å². The Balaban J connectivity index is 2.10. The lowest BCUT2D eigenvalue weighted by atomic mass is 9.59. The lowest BCUT2D eigenvalue weighted by molar-refractivity contribution is -0.161. The summed E-state index contributed by atoms with van der Waals surface area (Å²) in [6.45, 7) is 2.09. The summed E-state index contributed by atoms with van der Waals surface area (Å²) in [5.41, 5.74) is -0.687. The minimum atomic E-state index is -0.769. The molecule has 2 saturated carbocycles. The minimum absolute atomic E-state index is 0.162. The van der Waals surface area contributed by atoms with Gasteiger partial charge in [0.05, 0.1) is 11.3 Å². The maximum absolute atomic E-state index is 11.9. The van der Waals surface area contributed by atoms with Crippen LogP contribution < -0.4 is 0 Å². The summed E-state index contributed by atoms with van der Waals surface area (Å²) >= 11 is 0. The monoisotopic (exact) mass is 282 g/mol. The molecule has 1 unspecified atom stereocenters. The fourth-order valence-electron chi connectivity index (χ4n) is 4.33. The van der Waals surface area contributed by atoms with E-state index in [1.807, 2.05) is 0 Å². The van der Waals surface area contributed by atoms with Gasteiger partial charge < -0.3 is 10.2 Å². The van der Waals surface area contributed by atoms with Crippen molar-refractivity contribution in [3.8, 4) is 0 Å². The second-order valence-corrected chi connectivity index (χ2v) is 6.76. The number of carboxylic acid groups (broad SMARTS) is 2. The van der Waals surface area contributed by atoms with E-state index in [9.17, 15) is 14.7 Å². The van der Waals surface area contributed by atoms with E-state index in [1.54, 1.807) is 0 Å². The van der Waals surface area contributed by atoms with Gasteiger partial charge in [-0.3, -0.25) is 9.59 Å². The van der Waals surface area contributed by atoms with Gasteiger partial charge >= 0.3 is 11.9 Å². The van der Waals surface area contributed by atoms with Crippen LogP contribution in [0.5, 0.6) is 0 Å². The number of carbonyl (C=O) groups is 2. The molecular weight excluding hydrogens is 256 g/mol. The molecule has 4 heteroatoms. The highest BCUT2D eigenvalue weighted by molar-refractivity contribution is 5.76. The van der Waals surface area contributed by atoms with Gasteiger partial charge in [-0.15, -0.1) is 0 Å². The van der Waals surface area contributed by atoms with Gasteiger partial charge in [-0.2, -0.15) is 0 Å². The molecule has 2 aliphatic rings. The summed E-state index contributed by atoms with van der Waals surface area (Å²) in [4.78, 5) is 22.9. The lowest BCUT2D eigenvalue weighted by Crippen LogP contribution is -2.45. The van der Waals surface area contributed by atoms with Crippen molar-refractivity contribution in [3.05, 3.63) is 0 Å². The van der Waals surface area contributed by atoms with E-state index >= 15 is 0 Å². The number of aliphatic carboxylic acids is 2. The smallest absolute Gasteiger partial charge is 0.309 e. The van der Waals surface area contributed by atoms with E-state index < -0.39 is 17.4 Å². The summed E-state index contributed by atoms with van der Waals surface area (Å²) in [6, 6.07) is 0. The van der Waals surface area contributed by atoms with Crippen LogP contribution in [0, 0.1) is 23.2 Å². The minimum Gasteiger partial charge on any atom is -0.481 e. The third-order valence-corrected chi connectivity index (χ3v) is 5.88. The van der Waals surface area contributed by atoms with E-state index in [2.05, 4.69) is 6.92 Å². The molecule has 0 aliphatic heterocycles. The maximum atomic E-state index is 11.9. The van der Waals surface area contributed by atoms with Gasteiger partial charge in [0.1, 0.15) is 0 Å². The van der Waals surface area contributed by atoms with Crippen LogP contribution in [0.25, 0.3) is 0 Å². The van der Waals surface area contributed by atoms with Crippen molar-refractivity contribution < 1.29 is 19.8 Å². The van der Waals surface area contributed by atoms with Gasteiger partial charge in [-0.05, 0) is 37.5 Å². The van der Waals surface area contributed by atoms with Crippen molar-refractivity contribution >= 4 is 11.9 Å². The third kappa shape index (κ3) is 2.84. The summed E-state index contributed by atoms with van der Waals surface area (Å²) in [5.74, 6) is -1.16. The van der Waals surface area contributed by atoms with Crippen molar-refractivity contribution in [2.45, 2.75) is 64.7 Å². The van der Waals surface area contributed by atoms with Crippen LogP contribution in [0.4, 0.5) is 0 Å². The molecule has 2 aliphatic carbocycles. The van der Waals surface area contributed by atoms with E-state index in [1.165, 1.54) is 19.3 Å². The topological polar surface area (TPSA) is 74.6 Å². The predicted molar refractivity (Wildman–Crippen MR) is 75.4 cm³/mol. The molecule has 0 saturated heterocycles. The fraction of sp³-hybridized carbons (Fsp3) is 0.875. The van der Waals surface area contributed by atoms with Crippen molar-refractivity contribution in [3.63, 3.8) is 0 Å². The number of hydrogen-bond acceptors (Lipinski definition) is 2. The molecule has 20 heavy (non-hydrogen) atoms. The second-order valence-electron chi connectivity index (χ2n) is 6.76. The first-order valence-electron chi connectivity index (χ1n) is 7.93. The summed E-state index contributed by atoms with van der Waals surface area (Å²) in [5, 5.41) is 18.9. The molecule has 0 aromatic rings. The molecule has 2 rings (SSSR count). The Morgan fingerprint density at radius 1 is 1.00 bits per heavy atom. The first kappa shape index (κ1) is 15.3. The van der Waals surface area contributed by atoms with Crippen molar-refractivity contribution in [1.82, 2.24) is 0 Å². The highest BCUT2D eigenvalue weighted by Crippen LogP contribution is 2.49. The molecular formula is C16H26O4. The van der Waals surface area contributed by atoms with E-state index in [0.717, 1.165) is 12.8 Å². The van der Waals surface area contributed by atoms with E-state index in [-0.39, 0.29) is 11.8 Å². The van der Waals surface area contributed by atoms with E-state index in [0.29, 0.717) is 31.6 Å². The highest BCUT2D eigenvalue weighted by atomic mass is 16.4. The Labute approximate surface area is 120 Å². The molecule has 0 aromatic carbocycles. The van der Waals surface area contributed by atoms with Crippen LogP contribution in [0.3, 0.4) is 0 Å². The number of hydrogen-bond donors (Lipinski definition) is 2. The Hall–Kier alpha value is -1.06. The van der Waals surface area contributed by atoms with Crippen molar-refractivity contribution in [2.75, 3.05) is 0 Å². The van der Waals surface area contributed by atoms with Gasteiger partial charge in [0.2, 0.25) is 0 Å². The molecule has 4 nitrogen and oxygen atoms in total. The molecule has 0 amide bonds. The Bertz CT molecular complexity index is 363. The first-order valence-corrected chi connectivity index (χ1v) is 7.93. The number of rotatable bonds is 4. The average Bonchev–Trinajstić information content (AvgIpc) is 2.47. The van der Waals surface area contributed by atoms with Crippen molar-refractivity contribution in [2.24, 2.45) is 23.2 Å². The Morgan fingerprint density at radius 2 is 1.55 bits per heavy atom. The zero-order valence-electron chi connectivity index (χ0n) is 12.3. The average molecular weight is 282 g/mol. The molecule has 2 fully saturated rings. The molecule has 0 bridgehead atoms. The lowest BCUT2D eigenvalue weighted by Gasteiger charge is -2.44. The maximum Gasteiger partial charge on any atom is 0.309 e. The fourth-order valence-corrected chi connectivity index (χ4v) is 4.33. The summed E-state index contributed by atoms with van der Waals surface area (Å²) in [6.07, 6.45) is 8.04. The van der Waals surface area contributed by atoms with Crippen LogP contribution in [-0.4, -0.2) is 22.2 Å². The molecule has 114 valence electrons. The van der Waals surface area contributed by atoms with Crippen LogP contribution in [0.15, 0.2) is 0 Å². The Kier molecular flexibility index (Phi) is 4.71. The van der Waals surface area contributed by atoms with Crippen LogP contribution in [0.1, 0.15) is 64.7 Å². The van der Waals surface area contributed by atoms with E-state index in [4.69, 9.17) is 5.11 Å². The van der Waals surface area contributed by atoms with Crippen molar-refractivity contribution in [1.29, 1.82) is 0 Å². The van der Waals surface area contributed by atoms with Crippen LogP contribution in [0.2, 0.25) is 0 Å². The van der Waals surface area contributed by atoms with Gasteiger partial charge in [0, 0.05) is 0 Å². The largest absolute Gasteiger partial charge is 0.481 e. The molecule has 0 aromatic heterocycles. The van der Waals surface area contributed by atoms with Gasteiger partial charge in [0.15, 0.2) is 0 Å². The number of carboxylic acids is 2. The third-order valence-electron chi connectivity index (χ3n) is 5.88. The second kappa shape index (κ2) is 6.15. The normalized spacial score (nSPS) is 33.5. The molecule has 2 N–H and O–H groups in total. The molecule has 0 spiro atoms. The first-order chi connectivity index (χ1) is 9.47. The standard InChI is InChI=1S/C16H26O4/c1-11(12-5-3-2-4-6-12)16(15(19)20)9-7-13(8-10-16)14(17)18/h11-13H,2-10H2,1H3,(H,17,18)(H,19,20). The van der Waals surface area contributed by atoms with Gasteiger partial charge in [-0.1, -0.05) is 39.0 Å². The Morgan fingerprint density at radius 3 is 2.00 bits per heavy atom. The summed E-state index contributed by atoms with van der Waals surface area (Å²) < 4.78 is 0. The molecule has 0 heterocycles. The van der Waals surface area contributed by atoms with Crippen LogP contribution >= 0.6 is 0 Å². The predicted octanol–water partition coefficient (Wildman–Crippen LogP) is 3.55. The van der Waals surface area contributed by atoms with Gasteiger partial charge in [-0.25, -0.2) is 0 Å². The van der Waals surface area contributed by atoms with Gasteiger partial charge in [0.25, 0.3) is 0 Å². The zero-order chi connectivity index (χ0) is 14.8.